The SMILES string of the molecule is CCN1C(Nc2ccc3c(c2)C(=O)N(C2CCC(=O)NC2=O)C3)NC2COCC2C1I. The lowest BCUT2D eigenvalue weighted by Crippen LogP contribution is -2.65. The summed E-state index contributed by atoms with van der Waals surface area (Å²) in [7, 11) is 0. The fourth-order valence-corrected chi connectivity index (χ4v) is 6.41. The molecule has 0 aliphatic carbocycles. The first-order valence-corrected chi connectivity index (χ1v) is 12.0. The molecule has 4 aliphatic heterocycles. The van der Waals surface area contributed by atoms with E-state index in [1.807, 2.05) is 18.2 Å². The minimum absolute atomic E-state index is 0.0596. The molecule has 0 aromatic heterocycles. The molecule has 3 saturated heterocycles. The summed E-state index contributed by atoms with van der Waals surface area (Å²) in [6.07, 6.45) is 0.567. The first-order chi connectivity index (χ1) is 15.0. The summed E-state index contributed by atoms with van der Waals surface area (Å²) >= 11 is 2.50. The van der Waals surface area contributed by atoms with Crippen LogP contribution in [0.1, 0.15) is 35.7 Å². The smallest absolute Gasteiger partial charge is 0.255 e. The maximum atomic E-state index is 13.1. The number of halogens is 1. The predicted octanol–water partition coefficient (Wildman–Crippen LogP) is 0.844. The van der Waals surface area contributed by atoms with E-state index in [9.17, 15) is 14.4 Å². The van der Waals surface area contributed by atoms with E-state index in [0.29, 0.717) is 41.1 Å². The molecule has 3 amide bonds. The van der Waals surface area contributed by atoms with Gasteiger partial charge in [0.2, 0.25) is 11.8 Å². The number of ether oxygens (including phenoxy) is 1. The van der Waals surface area contributed by atoms with Crippen molar-refractivity contribution in [2.45, 2.75) is 48.7 Å². The van der Waals surface area contributed by atoms with Crippen molar-refractivity contribution in [3.05, 3.63) is 29.3 Å². The first kappa shape index (κ1) is 21.1. The lowest BCUT2D eigenvalue weighted by molar-refractivity contribution is -0.136. The van der Waals surface area contributed by atoms with Gasteiger partial charge in [0.15, 0.2) is 0 Å². The van der Waals surface area contributed by atoms with Crippen LogP contribution < -0.4 is 16.0 Å². The van der Waals surface area contributed by atoms with Gasteiger partial charge in [0.05, 0.1) is 17.3 Å². The van der Waals surface area contributed by atoms with Crippen molar-refractivity contribution >= 4 is 46.0 Å². The highest BCUT2D eigenvalue weighted by atomic mass is 127. The van der Waals surface area contributed by atoms with Crippen molar-refractivity contribution < 1.29 is 19.1 Å². The molecule has 5 atom stereocenters. The summed E-state index contributed by atoms with van der Waals surface area (Å²) in [6.45, 7) is 4.90. The zero-order valence-electron chi connectivity index (χ0n) is 17.3. The third-order valence-electron chi connectivity index (χ3n) is 6.69. The summed E-state index contributed by atoms with van der Waals surface area (Å²) in [5, 5.41) is 9.54. The Morgan fingerprint density at radius 2 is 2.10 bits per heavy atom. The van der Waals surface area contributed by atoms with Crippen LogP contribution in [0.5, 0.6) is 0 Å². The largest absolute Gasteiger partial charge is 0.379 e. The second-order valence-corrected chi connectivity index (χ2v) is 9.77. The van der Waals surface area contributed by atoms with E-state index in [1.165, 1.54) is 0 Å². The van der Waals surface area contributed by atoms with Crippen molar-refractivity contribution in [1.82, 2.24) is 20.4 Å². The average Bonchev–Trinajstić information content (AvgIpc) is 3.34. The number of carbonyl (C=O) groups excluding carboxylic acids is 3. The quantitative estimate of drug-likeness (QED) is 0.226. The van der Waals surface area contributed by atoms with Gasteiger partial charge in [-0.2, -0.15) is 0 Å². The molecule has 4 heterocycles. The van der Waals surface area contributed by atoms with Crippen molar-refractivity contribution in [2.24, 2.45) is 5.92 Å². The zero-order chi connectivity index (χ0) is 21.7. The zero-order valence-corrected chi connectivity index (χ0v) is 19.4. The summed E-state index contributed by atoms with van der Waals surface area (Å²) < 4.78 is 6.04. The lowest BCUT2D eigenvalue weighted by Gasteiger charge is -2.45. The number of carbonyl (C=O) groups is 3. The summed E-state index contributed by atoms with van der Waals surface area (Å²) in [4.78, 5) is 40.7. The van der Waals surface area contributed by atoms with Crippen LogP contribution in [0.3, 0.4) is 0 Å². The Balaban J connectivity index is 1.33. The molecule has 1 aromatic carbocycles. The van der Waals surface area contributed by atoms with Gasteiger partial charge in [-0.05, 0) is 30.7 Å². The summed E-state index contributed by atoms with van der Waals surface area (Å²) in [5.74, 6) is -0.363. The molecular formula is C21H26IN5O4. The van der Waals surface area contributed by atoms with Crippen LogP contribution in [0.15, 0.2) is 18.2 Å². The number of nitrogens with zero attached hydrogens (tertiary/aromatic N) is 2. The molecule has 0 saturated carbocycles. The fourth-order valence-electron chi connectivity index (χ4n) is 4.98. The molecule has 31 heavy (non-hydrogen) atoms. The number of benzene rings is 1. The molecule has 5 unspecified atom stereocenters. The van der Waals surface area contributed by atoms with E-state index in [4.69, 9.17) is 4.74 Å². The van der Waals surface area contributed by atoms with Gasteiger partial charge >= 0.3 is 0 Å². The van der Waals surface area contributed by atoms with Gasteiger partial charge in [-0.25, -0.2) is 0 Å². The second-order valence-electron chi connectivity index (χ2n) is 8.50. The van der Waals surface area contributed by atoms with E-state index in [2.05, 4.69) is 50.4 Å². The van der Waals surface area contributed by atoms with Crippen LogP contribution in [0.25, 0.3) is 0 Å². The number of hydrogen-bond acceptors (Lipinski definition) is 7. The third kappa shape index (κ3) is 3.73. The summed E-state index contributed by atoms with van der Waals surface area (Å²) in [6, 6.07) is 5.52. The van der Waals surface area contributed by atoms with Gasteiger partial charge in [0, 0.05) is 36.2 Å². The number of amides is 3. The minimum atomic E-state index is -0.594. The number of piperidine rings is 1. The highest BCUT2D eigenvalue weighted by molar-refractivity contribution is 14.1. The minimum Gasteiger partial charge on any atom is -0.379 e. The predicted molar refractivity (Wildman–Crippen MR) is 121 cm³/mol. The Bertz CT molecular complexity index is 927. The van der Waals surface area contributed by atoms with Gasteiger partial charge < -0.3 is 15.0 Å². The number of fused-ring (bicyclic) bond motifs is 2. The molecule has 0 radical (unpaired) electrons. The number of imide groups is 1. The Labute approximate surface area is 194 Å². The molecule has 10 heteroatoms. The van der Waals surface area contributed by atoms with E-state index in [1.54, 1.807) is 4.90 Å². The molecule has 0 bridgehead atoms. The van der Waals surface area contributed by atoms with Gasteiger partial charge in [0.1, 0.15) is 12.3 Å². The Kier molecular flexibility index (Phi) is 5.65. The summed E-state index contributed by atoms with van der Waals surface area (Å²) in [5.41, 5.74) is 2.37. The van der Waals surface area contributed by atoms with Crippen molar-refractivity contribution in [3.63, 3.8) is 0 Å². The second kappa shape index (κ2) is 8.30. The van der Waals surface area contributed by atoms with Gasteiger partial charge in [0.25, 0.3) is 5.91 Å². The molecule has 166 valence electrons. The van der Waals surface area contributed by atoms with E-state index in [0.717, 1.165) is 24.4 Å². The number of anilines is 1. The highest BCUT2D eigenvalue weighted by Gasteiger charge is 2.44. The van der Waals surface area contributed by atoms with E-state index >= 15 is 0 Å². The Hall–Kier alpha value is -1.76. The van der Waals surface area contributed by atoms with Crippen molar-refractivity contribution in [1.29, 1.82) is 0 Å². The molecular weight excluding hydrogens is 513 g/mol. The van der Waals surface area contributed by atoms with Crippen LogP contribution in [0.2, 0.25) is 0 Å². The fraction of sp³-hybridized carbons (Fsp3) is 0.571. The van der Waals surface area contributed by atoms with Crippen LogP contribution >= 0.6 is 22.6 Å². The maximum Gasteiger partial charge on any atom is 0.255 e. The molecule has 1 aromatic rings. The van der Waals surface area contributed by atoms with Gasteiger partial charge in [-0.15, -0.1) is 0 Å². The Morgan fingerprint density at radius 1 is 1.26 bits per heavy atom. The molecule has 4 aliphatic rings. The normalized spacial score (nSPS) is 33.3. The maximum absolute atomic E-state index is 13.1. The molecule has 9 nitrogen and oxygen atoms in total. The first-order valence-electron chi connectivity index (χ1n) is 10.7. The highest BCUT2D eigenvalue weighted by Crippen LogP contribution is 2.33. The molecule has 3 N–H and O–H groups in total. The number of alkyl halides is 1. The molecule has 3 fully saturated rings. The van der Waals surface area contributed by atoms with E-state index in [-0.39, 0.29) is 30.4 Å². The number of nitrogens with one attached hydrogen (secondary N) is 3. The standard InChI is InChI=1S/C21H26IN5O4/c1-2-26-18(22)14-9-31-10-15(14)24-21(26)23-12-4-3-11-8-27(20(30)13(11)7-12)16-5-6-17(28)25-19(16)29/h3-4,7,14-16,18,21,23-24H,2,5-6,8-10H2,1H3,(H,25,28,29). The van der Waals surface area contributed by atoms with Crippen molar-refractivity contribution in [2.75, 3.05) is 25.1 Å². The van der Waals surface area contributed by atoms with Crippen LogP contribution in [-0.2, 0) is 20.9 Å². The van der Waals surface area contributed by atoms with Gasteiger partial charge in [-0.1, -0.05) is 35.6 Å². The monoisotopic (exact) mass is 539 g/mol. The topological polar surface area (TPSA) is 103 Å². The lowest BCUT2D eigenvalue weighted by atomic mass is 10.0. The average molecular weight is 539 g/mol. The number of hydrogen-bond donors (Lipinski definition) is 3. The van der Waals surface area contributed by atoms with Crippen molar-refractivity contribution in [3.8, 4) is 0 Å². The van der Waals surface area contributed by atoms with Crippen LogP contribution in [0, 0.1) is 5.92 Å². The van der Waals surface area contributed by atoms with Gasteiger partial charge in [-0.3, -0.25) is 29.9 Å². The third-order valence-corrected chi connectivity index (χ3v) is 8.33. The van der Waals surface area contributed by atoms with Crippen LogP contribution in [-0.4, -0.2) is 69.7 Å². The molecule has 0 spiro atoms. The van der Waals surface area contributed by atoms with Crippen LogP contribution in [0.4, 0.5) is 5.69 Å². The number of rotatable bonds is 4. The Morgan fingerprint density at radius 3 is 2.87 bits per heavy atom. The molecule has 5 rings (SSSR count). The van der Waals surface area contributed by atoms with E-state index < -0.39 is 6.04 Å².